The van der Waals surface area contributed by atoms with E-state index in [1.54, 1.807) is 0 Å². The summed E-state index contributed by atoms with van der Waals surface area (Å²) in [4.78, 5) is 12.4. The second-order valence-corrected chi connectivity index (χ2v) is 8.38. The number of nitrogens with one attached hydrogen (secondary N) is 1. The minimum absolute atomic E-state index is 0.125. The Labute approximate surface area is 156 Å². The molecule has 0 heterocycles. The Bertz CT molecular complexity index is 586. The Hall–Kier alpha value is -1.62. The lowest BCUT2D eigenvalue weighted by Gasteiger charge is -2.45. The maximum atomic E-state index is 13.5. The van der Waals surface area contributed by atoms with Crippen molar-refractivity contribution >= 4 is 6.09 Å². The van der Waals surface area contributed by atoms with Crippen LogP contribution in [0.25, 0.3) is 0 Å². The fourth-order valence-electron chi connectivity index (χ4n) is 3.96. The van der Waals surface area contributed by atoms with Crippen molar-refractivity contribution in [3.63, 3.8) is 0 Å². The summed E-state index contributed by atoms with van der Waals surface area (Å²) >= 11 is 0. The fourth-order valence-corrected chi connectivity index (χ4v) is 3.96. The molecule has 0 aromatic heterocycles. The SMILES string of the molecule is CCCC(NC(=O)OC(C)(C)C)[C@]1(c2ccc(F)cc2)CC[C@@H](O)CC1. The third-order valence-electron chi connectivity index (χ3n) is 5.20. The molecule has 2 rings (SSSR count). The van der Waals surface area contributed by atoms with Crippen molar-refractivity contribution in [3.8, 4) is 0 Å². The molecule has 1 unspecified atom stereocenters. The van der Waals surface area contributed by atoms with Crippen molar-refractivity contribution in [2.24, 2.45) is 0 Å². The van der Waals surface area contributed by atoms with E-state index in [0.29, 0.717) is 12.8 Å². The lowest BCUT2D eigenvalue weighted by atomic mass is 9.63. The smallest absolute Gasteiger partial charge is 0.407 e. The van der Waals surface area contributed by atoms with Gasteiger partial charge in [-0.25, -0.2) is 9.18 Å². The first kappa shape index (κ1) is 20.7. The second kappa shape index (κ2) is 8.38. The van der Waals surface area contributed by atoms with Gasteiger partial charge < -0.3 is 15.2 Å². The molecular formula is C21H32FNO3. The van der Waals surface area contributed by atoms with Gasteiger partial charge in [-0.05, 0) is 70.6 Å². The highest BCUT2D eigenvalue weighted by atomic mass is 19.1. The summed E-state index contributed by atoms with van der Waals surface area (Å²) in [5.74, 6) is -0.271. The Kier molecular flexibility index (Phi) is 6.67. The van der Waals surface area contributed by atoms with Gasteiger partial charge in [-0.15, -0.1) is 0 Å². The zero-order valence-corrected chi connectivity index (χ0v) is 16.3. The number of benzene rings is 1. The second-order valence-electron chi connectivity index (χ2n) is 8.38. The molecular weight excluding hydrogens is 333 g/mol. The van der Waals surface area contributed by atoms with Crippen LogP contribution in [0.5, 0.6) is 0 Å². The summed E-state index contributed by atoms with van der Waals surface area (Å²) in [5.41, 5.74) is 0.132. The molecule has 1 aliphatic rings. The molecule has 26 heavy (non-hydrogen) atoms. The van der Waals surface area contributed by atoms with Crippen molar-refractivity contribution in [1.82, 2.24) is 5.32 Å². The number of alkyl carbamates (subject to hydrolysis) is 1. The van der Waals surface area contributed by atoms with Gasteiger partial charge >= 0.3 is 6.09 Å². The number of amides is 1. The van der Waals surface area contributed by atoms with Crippen molar-refractivity contribution in [2.75, 3.05) is 0 Å². The Morgan fingerprint density at radius 2 is 1.88 bits per heavy atom. The van der Waals surface area contributed by atoms with E-state index in [4.69, 9.17) is 4.74 Å². The predicted octanol–water partition coefficient (Wildman–Crippen LogP) is 4.69. The number of hydrogen-bond donors (Lipinski definition) is 2. The third kappa shape index (κ3) is 5.19. The molecule has 1 amide bonds. The fraction of sp³-hybridized carbons (Fsp3) is 0.667. The molecule has 2 N–H and O–H groups in total. The molecule has 146 valence electrons. The molecule has 0 aliphatic heterocycles. The van der Waals surface area contributed by atoms with Gasteiger partial charge in [-0.2, -0.15) is 0 Å². The maximum Gasteiger partial charge on any atom is 0.407 e. The first-order valence-electron chi connectivity index (χ1n) is 9.60. The molecule has 0 bridgehead atoms. The number of halogens is 1. The van der Waals surface area contributed by atoms with Crippen LogP contribution in [0.3, 0.4) is 0 Å². The zero-order chi connectivity index (χ0) is 19.4. The highest BCUT2D eigenvalue weighted by molar-refractivity contribution is 5.68. The molecule has 1 aromatic rings. The summed E-state index contributed by atoms with van der Waals surface area (Å²) in [6.45, 7) is 7.61. The van der Waals surface area contributed by atoms with Gasteiger partial charge in [0.2, 0.25) is 0 Å². The van der Waals surface area contributed by atoms with E-state index in [-0.39, 0.29) is 23.4 Å². The van der Waals surface area contributed by atoms with E-state index in [0.717, 1.165) is 31.2 Å². The van der Waals surface area contributed by atoms with Crippen molar-refractivity contribution in [3.05, 3.63) is 35.6 Å². The van der Waals surface area contributed by atoms with E-state index in [1.165, 1.54) is 12.1 Å². The monoisotopic (exact) mass is 365 g/mol. The van der Waals surface area contributed by atoms with Gasteiger partial charge in [0.1, 0.15) is 11.4 Å². The summed E-state index contributed by atoms with van der Waals surface area (Å²) in [6, 6.07) is 6.44. The predicted molar refractivity (Wildman–Crippen MR) is 101 cm³/mol. The molecule has 4 nitrogen and oxygen atoms in total. The van der Waals surface area contributed by atoms with Crippen LogP contribution < -0.4 is 5.32 Å². The van der Waals surface area contributed by atoms with Gasteiger partial charge in [0.05, 0.1) is 6.10 Å². The summed E-state index contributed by atoms with van der Waals surface area (Å²) < 4.78 is 18.9. The van der Waals surface area contributed by atoms with Crippen molar-refractivity contribution in [2.45, 2.75) is 89.4 Å². The minimum Gasteiger partial charge on any atom is -0.444 e. The number of carbonyl (C=O) groups excluding carboxylic acids is 1. The molecule has 1 fully saturated rings. The van der Waals surface area contributed by atoms with Gasteiger partial charge in [-0.1, -0.05) is 25.5 Å². The van der Waals surface area contributed by atoms with Gasteiger partial charge in [-0.3, -0.25) is 0 Å². The topological polar surface area (TPSA) is 58.6 Å². The normalized spacial score (nSPS) is 24.8. The van der Waals surface area contributed by atoms with E-state index < -0.39 is 11.7 Å². The lowest BCUT2D eigenvalue weighted by Crippen LogP contribution is -2.53. The summed E-state index contributed by atoms with van der Waals surface area (Å²) in [6.07, 6.45) is 3.82. The Balaban J connectivity index is 2.33. The van der Waals surface area contributed by atoms with Crippen LogP contribution in [0, 0.1) is 5.82 Å². The lowest BCUT2D eigenvalue weighted by molar-refractivity contribution is 0.0401. The molecule has 0 radical (unpaired) electrons. The van der Waals surface area contributed by atoms with Crippen LogP contribution in [-0.2, 0) is 10.2 Å². The van der Waals surface area contributed by atoms with Gasteiger partial charge in [0.15, 0.2) is 0 Å². The van der Waals surface area contributed by atoms with Gasteiger partial charge in [0, 0.05) is 11.5 Å². The van der Waals surface area contributed by atoms with Crippen molar-refractivity contribution < 1.29 is 19.0 Å². The molecule has 0 spiro atoms. The zero-order valence-electron chi connectivity index (χ0n) is 16.3. The third-order valence-corrected chi connectivity index (χ3v) is 5.20. The number of hydrogen-bond acceptors (Lipinski definition) is 3. The van der Waals surface area contributed by atoms with Gasteiger partial charge in [0.25, 0.3) is 0 Å². The van der Waals surface area contributed by atoms with E-state index in [1.807, 2.05) is 32.9 Å². The van der Waals surface area contributed by atoms with Crippen LogP contribution in [-0.4, -0.2) is 28.9 Å². The van der Waals surface area contributed by atoms with Crippen LogP contribution in [0.15, 0.2) is 24.3 Å². The number of ether oxygens (including phenoxy) is 1. The molecule has 1 aliphatic carbocycles. The van der Waals surface area contributed by atoms with Crippen LogP contribution in [0.2, 0.25) is 0 Å². The Morgan fingerprint density at radius 3 is 2.38 bits per heavy atom. The average molecular weight is 365 g/mol. The van der Waals surface area contributed by atoms with Crippen LogP contribution in [0.1, 0.15) is 71.8 Å². The minimum atomic E-state index is -0.563. The molecule has 0 saturated heterocycles. The first-order chi connectivity index (χ1) is 12.2. The molecule has 5 heteroatoms. The van der Waals surface area contributed by atoms with E-state index in [2.05, 4.69) is 12.2 Å². The highest BCUT2D eigenvalue weighted by Gasteiger charge is 2.43. The number of aliphatic hydroxyl groups excluding tert-OH is 1. The maximum absolute atomic E-state index is 13.5. The highest BCUT2D eigenvalue weighted by Crippen LogP contribution is 2.43. The standard InChI is InChI=1S/C21H32FNO3/c1-5-6-18(23-19(25)26-20(2,3)4)21(13-11-17(24)12-14-21)15-7-9-16(22)10-8-15/h7-10,17-18,24H,5-6,11-14H2,1-4H3,(H,23,25)/t17-,18?,21-. The number of aliphatic hydroxyl groups is 1. The number of rotatable bonds is 5. The summed E-state index contributed by atoms with van der Waals surface area (Å²) in [5, 5.41) is 13.1. The van der Waals surface area contributed by atoms with E-state index >= 15 is 0 Å². The molecule has 1 saturated carbocycles. The van der Waals surface area contributed by atoms with Crippen molar-refractivity contribution in [1.29, 1.82) is 0 Å². The van der Waals surface area contributed by atoms with Crippen LogP contribution in [0.4, 0.5) is 9.18 Å². The van der Waals surface area contributed by atoms with E-state index in [9.17, 15) is 14.3 Å². The quantitative estimate of drug-likeness (QED) is 0.796. The number of carbonyl (C=O) groups is 1. The summed E-state index contributed by atoms with van der Waals surface area (Å²) in [7, 11) is 0. The van der Waals surface area contributed by atoms with Crippen LogP contribution >= 0.6 is 0 Å². The molecule has 1 aromatic carbocycles. The largest absolute Gasteiger partial charge is 0.444 e. The first-order valence-corrected chi connectivity index (χ1v) is 9.60. The molecule has 1 atom stereocenters. The Morgan fingerprint density at radius 1 is 1.31 bits per heavy atom. The average Bonchev–Trinajstić information content (AvgIpc) is 2.55.